The summed E-state index contributed by atoms with van der Waals surface area (Å²) in [4.78, 5) is 0. The summed E-state index contributed by atoms with van der Waals surface area (Å²) in [5.41, 5.74) is 0. The van der Waals surface area contributed by atoms with Crippen LogP contribution in [-0.2, 0) is 0 Å². The van der Waals surface area contributed by atoms with E-state index in [1.54, 1.807) is 0 Å². The molecule has 12 heavy (non-hydrogen) atoms. The van der Waals surface area contributed by atoms with Gasteiger partial charge in [0.1, 0.15) is 0 Å². The predicted octanol–water partition coefficient (Wildman–Crippen LogP) is 4.25. The first-order valence-corrected chi connectivity index (χ1v) is 7.25. The molecule has 0 aliphatic rings. The van der Waals surface area contributed by atoms with Crippen molar-refractivity contribution in [2.75, 3.05) is 6.16 Å². The molecular weight excluding hydrogens is 182 g/mol. The molecule has 0 bridgehead atoms. The topological polar surface area (TPSA) is 0 Å². The van der Waals surface area contributed by atoms with E-state index < -0.39 is 0 Å². The standard InChI is InChI=1S/C10H24P2/c1-3-5-7-8-10(11)12-9-6-4-2/h10,12H,3-9,11H2,1-2H3. The van der Waals surface area contributed by atoms with Crippen LogP contribution >= 0.6 is 17.8 Å². The van der Waals surface area contributed by atoms with E-state index in [2.05, 4.69) is 23.1 Å². The monoisotopic (exact) mass is 206 g/mol. The summed E-state index contributed by atoms with van der Waals surface area (Å²) in [6.07, 6.45) is 9.89. The molecule has 0 amide bonds. The van der Waals surface area contributed by atoms with Crippen molar-refractivity contribution in [3.05, 3.63) is 0 Å². The predicted molar refractivity (Wildman–Crippen MR) is 65.7 cm³/mol. The lowest BCUT2D eigenvalue weighted by atomic mass is 10.2. The van der Waals surface area contributed by atoms with Gasteiger partial charge in [0.05, 0.1) is 0 Å². The van der Waals surface area contributed by atoms with E-state index in [0.29, 0.717) is 0 Å². The van der Waals surface area contributed by atoms with Crippen LogP contribution < -0.4 is 0 Å². The van der Waals surface area contributed by atoms with Crippen LogP contribution in [0.4, 0.5) is 0 Å². The highest BCUT2D eigenvalue weighted by atomic mass is 31.1. The first kappa shape index (κ1) is 12.9. The molecule has 2 heteroatoms. The molecule has 0 aromatic rings. The van der Waals surface area contributed by atoms with E-state index in [9.17, 15) is 0 Å². The number of hydrogen-bond acceptors (Lipinski definition) is 0. The fourth-order valence-corrected chi connectivity index (χ4v) is 3.25. The summed E-state index contributed by atoms with van der Waals surface area (Å²) in [6, 6.07) is 0. The summed E-state index contributed by atoms with van der Waals surface area (Å²) >= 11 is 0. The summed E-state index contributed by atoms with van der Waals surface area (Å²) in [5.74, 6) is 0. The van der Waals surface area contributed by atoms with Crippen molar-refractivity contribution in [2.24, 2.45) is 0 Å². The molecular formula is C10H24P2. The maximum Gasteiger partial charge on any atom is -0.00897 e. The van der Waals surface area contributed by atoms with E-state index in [0.717, 1.165) is 5.40 Å². The van der Waals surface area contributed by atoms with Gasteiger partial charge in [-0.05, 0) is 24.4 Å². The Morgan fingerprint density at radius 1 is 1.08 bits per heavy atom. The highest BCUT2D eigenvalue weighted by Crippen LogP contribution is 2.30. The molecule has 0 radical (unpaired) electrons. The van der Waals surface area contributed by atoms with Gasteiger partial charge in [0.2, 0.25) is 0 Å². The minimum atomic E-state index is 0.920. The third kappa shape index (κ3) is 8.95. The van der Waals surface area contributed by atoms with Crippen LogP contribution in [0.3, 0.4) is 0 Å². The van der Waals surface area contributed by atoms with Crippen LogP contribution in [0.1, 0.15) is 52.4 Å². The zero-order valence-electron chi connectivity index (χ0n) is 8.60. The minimum Gasteiger partial charge on any atom is -0.130 e. The van der Waals surface area contributed by atoms with Crippen molar-refractivity contribution in [1.82, 2.24) is 0 Å². The first-order valence-electron chi connectivity index (χ1n) is 5.30. The van der Waals surface area contributed by atoms with Crippen LogP contribution in [0.5, 0.6) is 0 Å². The van der Waals surface area contributed by atoms with Crippen LogP contribution in [0.25, 0.3) is 0 Å². The molecule has 0 aliphatic heterocycles. The van der Waals surface area contributed by atoms with Crippen LogP contribution in [0.15, 0.2) is 0 Å². The van der Waals surface area contributed by atoms with E-state index in [1.807, 2.05) is 0 Å². The normalized spacial score (nSPS) is 14.2. The average molecular weight is 206 g/mol. The van der Waals surface area contributed by atoms with Gasteiger partial charge in [0.25, 0.3) is 0 Å². The van der Waals surface area contributed by atoms with Crippen LogP contribution in [0.2, 0.25) is 0 Å². The van der Waals surface area contributed by atoms with Gasteiger partial charge >= 0.3 is 0 Å². The largest absolute Gasteiger partial charge is 0.130 e. The van der Waals surface area contributed by atoms with Crippen LogP contribution in [-0.4, -0.2) is 11.6 Å². The SMILES string of the molecule is CCCCCC(P)PCCCC. The van der Waals surface area contributed by atoms with Gasteiger partial charge in [-0.25, -0.2) is 0 Å². The Kier molecular flexibility index (Phi) is 10.7. The van der Waals surface area contributed by atoms with Gasteiger partial charge in [-0.2, -0.15) is 0 Å². The Morgan fingerprint density at radius 3 is 2.33 bits per heavy atom. The summed E-state index contributed by atoms with van der Waals surface area (Å²) in [6.45, 7) is 4.55. The Hall–Kier alpha value is 0.860. The highest BCUT2D eigenvalue weighted by molar-refractivity contribution is 7.50. The molecule has 0 aromatic carbocycles. The molecule has 0 rings (SSSR count). The zero-order valence-corrected chi connectivity index (χ0v) is 10.8. The van der Waals surface area contributed by atoms with E-state index in [-0.39, 0.29) is 0 Å². The van der Waals surface area contributed by atoms with Gasteiger partial charge in [-0.3, -0.25) is 0 Å². The lowest BCUT2D eigenvalue weighted by molar-refractivity contribution is 0.695. The molecule has 0 N–H and O–H groups in total. The lowest BCUT2D eigenvalue weighted by Crippen LogP contribution is -1.90. The number of rotatable bonds is 8. The van der Waals surface area contributed by atoms with E-state index in [1.165, 1.54) is 53.3 Å². The second kappa shape index (κ2) is 9.94. The molecule has 0 saturated heterocycles. The van der Waals surface area contributed by atoms with Gasteiger partial charge in [0.15, 0.2) is 0 Å². The fraction of sp³-hybridized carbons (Fsp3) is 1.00. The number of unbranched alkanes of at least 4 members (excludes halogenated alkanes) is 3. The van der Waals surface area contributed by atoms with Crippen molar-refractivity contribution in [3.63, 3.8) is 0 Å². The molecule has 0 saturated carbocycles. The van der Waals surface area contributed by atoms with Crippen molar-refractivity contribution >= 4 is 17.8 Å². The molecule has 0 fully saturated rings. The second-order valence-corrected chi connectivity index (χ2v) is 6.53. The van der Waals surface area contributed by atoms with E-state index in [4.69, 9.17) is 0 Å². The fourth-order valence-electron chi connectivity index (χ4n) is 1.18. The Bertz CT molecular complexity index is 73.9. The Labute approximate surface area is 82.3 Å². The summed E-state index contributed by atoms with van der Waals surface area (Å²) in [5, 5.41) is 0.920. The molecule has 0 heterocycles. The van der Waals surface area contributed by atoms with Gasteiger partial charge < -0.3 is 0 Å². The maximum atomic E-state index is 3.01. The maximum absolute atomic E-state index is 3.01. The van der Waals surface area contributed by atoms with Crippen molar-refractivity contribution in [1.29, 1.82) is 0 Å². The van der Waals surface area contributed by atoms with E-state index >= 15 is 0 Å². The zero-order chi connectivity index (χ0) is 9.23. The quantitative estimate of drug-likeness (QED) is 0.411. The second-order valence-electron chi connectivity index (χ2n) is 3.41. The molecule has 0 aromatic heterocycles. The molecule has 74 valence electrons. The van der Waals surface area contributed by atoms with Gasteiger partial charge in [0, 0.05) is 0 Å². The third-order valence-electron chi connectivity index (χ3n) is 2.06. The molecule has 0 spiro atoms. The Morgan fingerprint density at radius 2 is 1.75 bits per heavy atom. The Balaban J connectivity index is 3.04. The molecule has 3 atom stereocenters. The van der Waals surface area contributed by atoms with Crippen LogP contribution in [0, 0.1) is 0 Å². The molecule has 0 nitrogen and oxygen atoms in total. The molecule has 3 unspecified atom stereocenters. The van der Waals surface area contributed by atoms with Crippen molar-refractivity contribution < 1.29 is 0 Å². The highest BCUT2D eigenvalue weighted by Gasteiger charge is 2.00. The summed E-state index contributed by atoms with van der Waals surface area (Å²) in [7, 11) is 4.20. The smallest absolute Gasteiger partial charge is 0.00897 e. The first-order chi connectivity index (χ1) is 5.81. The van der Waals surface area contributed by atoms with Crippen molar-refractivity contribution in [2.45, 2.75) is 57.8 Å². The summed E-state index contributed by atoms with van der Waals surface area (Å²) < 4.78 is 0. The lowest BCUT2D eigenvalue weighted by Gasteiger charge is -2.09. The minimum absolute atomic E-state index is 0.920. The molecule has 0 aliphatic carbocycles. The van der Waals surface area contributed by atoms with Crippen molar-refractivity contribution in [3.8, 4) is 0 Å². The average Bonchev–Trinajstić information content (AvgIpc) is 2.06. The van der Waals surface area contributed by atoms with Gasteiger partial charge in [-0.1, -0.05) is 39.5 Å². The van der Waals surface area contributed by atoms with Gasteiger partial charge in [-0.15, -0.1) is 17.8 Å². The third-order valence-corrected chi connectivity index (χ3v) is 4.55. The number of hydrogen-bond donors (Lipinski definition) is 0.